The SMILES string of the molecule is CCCNC(Cc1ccc(Cl)s1)c1cn(C)cn1. The second kappa shape index (κ2) is 6.36. The Morgan fingerprint density at radius 2 is 2.33 bits per heavy atom. The molecule has 1 atom stereocenters. The smallest absolute Gasteiger partial charge is 0.0947 e. The number of aryl methyl sites for hydroxylation is 1. The van der Waals surface area contributed by atoms with Crippen LogP contribution in [-0.2, 0) is 13.5 Å². The maximum absolute atomic E-state index is 5.98. The van der Waals surface area contributed by atoms with Crippen molar-refractivity contribution in [2.45, 2.75) is 25.8 Å². The Bertz CT molecular complexity index is 492. The third-order valence-corrected chi connectivity index (χ3v) is 4.01. The molecule has 0 radical (unpaired) electrons. The van der Waals surface area contributed by atoms with Gasteiger partial charge in [-0.15, -0.1) is 11.3 Å². The van der Waals surface area contributed by atoms with Crippen molar-refractivity contribution in [3.63, 3.8) is 0 Å². The van der Waals surface area contributed by atoms with Crippen LogP contribution in [0.2, 0.25) is 4.34 Å². The van der Waals surface area contributed by atoms with Gasteiger partial charge in [0.1, 0.15) is 0 Å². The zero-order chi connectivity index (χ0) is 13.0. The van der Waals surface area contributed by atoms with Crippen molar-refractivity contribution in [1.29, 1.82) is 0 Å². The van der Waals surface area contributed by atoms with E-state index < -0.39 is 0 Å². The van der Waals surface area contributed by atoms with Crippen LogP contribution in [0, 0.1) is 0 Å². The van der Waals surface area contributed by atoms with Crippen LogP contribution in [0.4, 0.5) is 0 Å². The van der Waals surface area contributed by atoms with Gasteiger partial charge in [-0.05, 0) is 25.1 Å². The van der Waals surface area contributed by atoms with E-state index in [9.17, 15) is 0 Å². The molecular weight excluding hydrogens is 266 g/mol. The van der Waals surface area contributed by atoms with Gasteiger partial charge in [-0.1, -0.05) is 18.5 Å². The van der Waals surface area contributed by atoms with Crippen molar-refractivity contribution in [2.24, 2.45) is 7.05 Å². The van der Waals surface area contributed by atoms with Gasteiger partial charge in [-0.25, -0.2) is 4.98 Å². The maximum atomic E-state index is 5.98. The van der Waals surface area contributed by atoms with Gasteiger partial charge in [-0.3, -0.25) is 0 Å². The zero-order valence-corrected chi connectivity index (χ0v) is 12.3. The molecule has 1 N–H and O–H groups in total. The summed E-state index contributed by atoms with van der Waals surface area (Å²) in [4.78, 5) is 5.74. The molecule has 2 rings (SSSR count). The summed E-state index contributed by atoms with van der Waals surface area (Å²) in [5.41, 5.74) is 1.09. The maximum Gasteiger partial charge on any atom is 0.0947 e. The van der Waals surface area contributed by atoms with E-state index in [1.165, 1.54) is 4.88 Å². The second-order valence-electron chi connectivity index (χ2n) is 4.38. The number of hydrogen-bond donors (Lipinski definition) is 1. The van der Waals surface area contributed by atoms with Crippen LogP contribution in [0.15, 0.2) is 24.7 Å². The minimum Gasteiger partial charge on any atom is -0.340 e. The van der Waals surface area contributed by atoms with Crippen molar-refractivity contribution in [3.05, 3.63) is 39.6 Å². The van der Waals surface area contributed by atoms with Gasteiger partial charge >= 0.3 is 0 Å². The standard InChI is InChI=1S/C13H18ClN3S/c1-3-6-15-11(12-8-17(2)9-16-12)7-10-4-5-13(14)18-10/h4-5,8-9,11,15H,3,6-7H2,1-2H3. The highest BCUT2D eigenvalue weighted by Gasteiger charge is 2.15. The lowest BCUT2D eigenvalue weighted by Crippen LogP contribution is -2.24. The molecule has 2 aromatic heterocycles. The highest BCUT2D eigenvalue weighted by atomic mass is 35.5. The first-order valence-corrected chi connectivity index (χ1v) is 7.34. The van der Waals surface area contributed by atoms with Crippen LogP contribution < -0.4 is 5.32 Å². The monoisotopic (exact) mass is 283 g/mol. The van der Waals surface area contributed by atoms with Gasteiger partial charge in [-0.2, -0.15) is 0 Å². The van der Waals surface area contributed by atoms with Crippen molar-refractivity contribution >= 4 is 22.9 Å². The summed E-state index contributed by atoms with van der Waals surface area (Å²) in [5, 5.41) is 3.54. The fourth-order valence-corrected chi connectivity index (χ4v) is 3.01. The van der Waals surface area contributed by atoms with E-state index in [2.05, 4.69) is 29.5 Å². The van der Waals surface area contributed by atoms with Crippen LogP contribution in [0.3, 0.4) is 0 Å². The molecule has 0 aliphatic heterocycles. The fraction of sp³-hybridized carbons (Fsp3) is 0.462. The third kappa shape index (κ3) is 3.57. The Balaban J connectivity index is 2.09. The topological polar surface area (TPSA) is 29.9 Å². The first-order valence-electron chi connectivity index (χ1n) is 6.14. The molecule has 2 aromatic rings. The van der Waals surface area contributed by atoms with Crippen LogP contribution in [0.1, 0.15) is 30.0 Å². The Morgan fingerprint density at radius 3 is 2.89 bits per heavy atom. The molecule has 2 heterocycles. The largest absolute Gasteiger partial charge is 0.340 e. The molecule has 0 aliphatic rings. The molecule has 0 bridgehead atoms. The number of nitrogens with one attached hydrogen (secondary N) is 1. The number of thiophene rings is 1. The molecule has 0 saturated heterocycles. The first-order chi connectivity index (χ1) is 8.69. The van der Waals surface area contributed by atoms with E-state index in [1.807, 2.05) is 24.0 Å². The summed E-state index contributed by atoms with van der Waals surface area (Å²) in [6.45, 7) is 3.17. The lowest BCUT2D eigenvalue weighted by molar-refractivity contribution is 0.522. The van der Waals surface area contributed by atoms with Crippen LogP contribution in [0.25, 0.3) is 0 Å². The van der Waals surface area contributed by atoms with Crippen LogP contribution in [-0.4, -0.2) is 16.1 Å². The Labute approximate surface area is 117 Å². The Kier molecular flexibility index (Phi) is 4.80. The number of halogens is 1. The number of imidazole rings is 1. The van der Waals surface area contributed by atoms with E-state index in [0.717, 1.165) is 29.4 Å². The molecule has 98 valence electrons. The lowest BCUT2D eigenvalue weighted by Gasteiger charge is -2.15. The number of nitrogens with zero attached hydrogens (tertiary/aromatic N) is 2. The molecule has 5 heteroatoms. The molecule has 0 amide bonds. The van der Waals surface area contributed by atoms with Gasteiger partial charge in [0.15, 0.2) is 0 Å². The van der Waals surface area contributed by atoms with Crippen molar-refractivity contribution < 1.29 is 0 Å². The van der Waals surface area contributed by atoms with E-state index in [0.29, 0.717) is 0 Å². The fourth-order valence-electron chi connectivity index (χ4n) is 1.88. The molecule has 0 aliphatic carbocycles. The van der Waals surface area contributed by atoms with Gasteiger partial charge in [0.05, 0.1) is 22.4 Å². The van der Waals surface area contributed by atoms with Crippen molar-refractivity contribution in [1.82, 2.24) is 14.9 Å². The molecule has 0 fully saturated rings. The van der Waals surface area contributed by atoms with E-state index >= 15 is 0 Å². The van der Waals surface area contributed by atoms with Gasteiger partial charge in [0.2, 0.25) is 0 Å². The molecule has 0 aromatic carbocycles. The molecular formula is C13H18ClN3S. The average molecular weight is 284 g/mol. The Morgan fingerprint density at radius 1 is 1.50 bits per heavy atom. The number of hydrogen-bond acceptors (Lipinski definition) is 3. The number of rotatable bonds is 6. The van der Waals surface area contributed by atoms with E-state index in [1.54, 1.807) is 11.3 Å². The van der Waals surface area contributed by atoms with E-state index in [4.69, 9.17) is 11.6 Å². The molecule has 18 heavy (non-hydrogen) atoms. The van der Waals surface area contributed by atoms with E-state index in [-0.39, 0.29) is 6.04 Å². The van der Waals surface area contributed by atoms with Gasteiger partial charge in [0.25, 0.3) is 0 Å². The van der Waals surface area contributed by atoms with Gasteiger partial charge < -0.3 is 9.88 Å². The molecule has 1 unspecified atom stereocenters. The normalized spacial score (nSPS) is 12.8. The van der Waals surface area contributed by atoms with Gasteiger partial charge in [0, 0.05) is 24.5 Å². The summed E-state index contributed by atoms with van der Waals surface area (Å²) in [6.07, 6.45) is 5.98. The predicted octanol–water partition coefficient (Wildman–Crippen LogP) is 3.42. The third-order valence-electron chi connectivity index (χ3n) is 2.76. The summed E-state index contributed by atoms with van der Waals surface area (Å²) in [6, 6.07) is 4.31. The van der Waals surface area contributed by atoms with Crippen LogP contribution >= 0.6 is 22.9 Å². The summed E-state index contributed by atoms with van der Waals surface area (Å²) in [7, 11) is 2.00. The highest BCUT2D eigenvalue weighted by molar-refractivity contribution is 7.16. The second-order valence-corrected chi connectivity index (χ2v) is 6.18. The predicted molar refractivity (Wildman–Crippen MR) is 77.3 cm³/mol. The molecule has 3 nitrogen and oxygen atoms in total. The minimum atomic E-state index is 0.265. The highest BCUT2D eigenvalue weighted by Crippen LogP contribution is 2.26. The zero-order valence-electron chi connectivity index (χ0n) is 10.7. The first kappa shape index (κ1) is 13.6. The Hall–Kier alpha value is -0.840. The summed E-state index contributed by atoms with van der Waals surface area (Å²) >= 11 is 7.62. The minimum absolute atomic E-state index is 0.265. The summed E-state index contributed by atoms with van der Waals surface area (Å²) < 4.78 is 2.83. The lowest BCUT2D eigenvalue weighted by atomic mass is 10.1. The number of aromatic nitrogens is 2. The molecule has 0 spiro atoms. The van der Waals surface area contributed by atoms with Crippen molar-refractivity contribution in [2.75, 3.05) is 6.54 Å². The average Bonchev–Trinajstić information content (AvgIpc) is 2.93. The van der Waals surface area contributed by atoms with Crippen LogP contribution in [0.5, 0.6) is 0 Å². The summed E-state index contributed by atoms with van der Waals surface area (Å²) in [5.74, 6) is 0. The molecule has 0 saturated carbocycles. The van der Waals surface area contributed by atoms with Crippen molar-refractivity contribution in [3.8, 4) is 0 Å². The quantitative estimate of drug-likeness (QED) is 0.880.